The molecule has 26 heavy (non-hydrogen) atoms. The summed E-state index contributed by atoms with van der Waals surface area (Å²) in [7, 11) is 0. The molecule has 0 N–H and O–H groups in total. The Morgan fingerprint density at radius 1 is 0.962 bits per heavy atom. The molecule has 0 saturated carbocycles. The van der Waals surface area contributed by atoms with Gasteiger partial charge in [0.1, 0.15) is 16.7 Å². The summed E-state index contributed by atoms with van der Waals surface area (Å²) in [6.45, 7) is 2.27. The predicted molar refractivity (Wildman–Crippen MR) is 103 cm³/mol. The molecule has 0 bridgehead atoms. The van der Waals surface area contributed by atoms with Crippen LogP contribution in [0.2, 0.25) is 5.02 Å². The average Bonchev–Trinajstić information content (AvgIpc) is 2.65. The molecule has 4 rings (SSSR count). The van der Waals surface area contributed by atoms with Crippen LogP contribution in [-0.4, -0.2) is 0 Å². The fraction of sp³-hybridized carbons (Fsp3) is 0.478. The third-order valence-corrected chi connectivity index (χ3v) is 6.68. The number of fused-ring (bicyclic) bond motifs is 3. The molecule has 3 heteroatoms. The molecule has 2 unspecified atom stereocenters. The highest BCUT2D eigenvalue weighted by molar-refractivity contribution is 6.30. The normalized spacial score (nSPS) is 22.0. The van der Waals surface area contributed by atoms with Crippen LogP contribution in [0, 0.1) is 17.6 Å². The topological polar surface area (TPSA) is 0 Å². The van der Waals surface area contributed by atoms with Crippen molar-refractivity contribution in [2.24, 2.45) is 5.92 Å². The Morgan fingerprint density at radius 2 is 1.58 bits per heavy atom. The molecule has 2 atom stereocenters. The maximum atomic E-state index is 13.8. The van der Waals surface area contributed by atoms with Crippen molar-refractivity contribution in [3.05, 3.63) is 68.7 Å². The van der Waals surface area contributed by atoms with E-state index < -0.39 is 16.7 Å². The van der Waals surface area contributed by atoms with Gasteiger partial charge in [0.2, 0.25) is 0 Å². The molecule has 2 aromatic rings. The molecule has 138 valence electrons. The summed E-state index contributed by atoms with van der Waals surface area (Å²) in [5.74, 6) is -0.306. The number of benzene rings is 2. The smallest absolute Gasteiger partial charge is 0.145 e. The van der Waals surface area contributed by atoms with Crippen LogP contribution in [0.5, 0.6) is 0 Å². The Bertz CT molecular complexity index is 804. The van der Waals surface area contributed by atoms with E-state index in [1.165, 1.54) is 60.9 Å². The highest BCUT2D eigenvalue weighted by Gasteiger charge is 2.27. The van der Waals surface area contributed by atoms with E-state index >= 15 is 0 Å². The fourth-order valence-electron chi connectivity index (χ4n) is 4.99. The van der Waals surface area contributed by atoms with Crippen molar-refractivity contribution in [3.8, 4) is 0 Å². The minimum atomic E-state index is -0.653. The van der Waals surface area contributed by atoms with Crippen LogP contribution in [0.4, 0.5) is 8.78 Å². The lowest BCUT2D eigenvalue weighted by Gasteiger charge is -2.32. The number of hydrogen-bond donors (Lipinski definition) is 0. The lowest BCUT2D eigenvalue weighted by Crippen LogP contribution is -2.20. The van der Waals surface area contributed by atoms with Gasteiger partial charge in [0, 0.05) is 0 Å². The van der Waals surface area contributed by atoms with E-state index in [-0.39, 0.29) is 5.92 Å². The molecule has 0 nitrogen and oxygen atoms in total. The van der Waals surface area contributed by atoms with Crippen molar-refractivity contribution in [2.45, 2.75) is 64.2 Å². The Labute approximate surface area is 159 Å². The Hall–Kier alpha value is -1.41. The Balaban J connectivity index is 1.59. The molecule has 2 aliphatic carbocycles. The van der Waals surface area contributed by atoms with Crippen LogP contribution in [0.1, 0.15) is 66.3 Å². The monoisotopic (exact) mass is 374 g/mol. The molecule has 0 aromatic heterocycles. The third-order valence-electron chi connectivity index (χ3n) is 6.32. The minimum Gasteiger partial charge on any atom is -0.205 e. The van der Waals surface area contributed by atoms with E-state index in [1.807, 2.05) is 0 Å². The van der Waals surface area contributed by atoms with E-state index in [4.69, 9.17) is 11.6 Å². The van der Waals surface area contributed by atoms with Crippen molar-refractivity contribution in [1.82, 2.24) is 0 Å². The van der Waals surface area contributed by atoms with E-state index in [0.717, 1.165) is 30.7 Å². The second-order valence-corrected chi connectivity index (χ2v) is 8.35. The zero-order valence-corrected chi connectivity index (χ0v) is 16.0. The lowest BCUT2D eigenvalue weighted by atomic mass is 9.73. The van der Waals surface area contributed by atoms with Crippen molar-refractivity contribution >= 4 is 11.6 Å². The van der Waals surface area contributed by atoms with Gasteiger partial charge in [0.05, 0.1) is 0 Å². The highest BCUT2D eigenvalue weighted by Crippen LogP contribution is 2.39. The predicted octanol–water partition coefficient (Wildman–Crippen LogP) is 6.80. The second kappa shape index (κ2) is 7.31. The van der Waals surface area contributed by atoms with Gasteiger partial charge in [-0.15, -0.1) is 0 Å². The number of rotatable bonds is 3. The van der Waals surface area contributed by atoms with Gasteiger partial charge in [-0.25, -0.2) is 8.78 Å². The zero-order valence-electron chi connectivity index (χ0n) is 15.3. The molecule has 0 aliphatic heterocycles. The first kappa shape index (κ1) is 18.0. The molecular weight excluding hydrogens is 350 g/mol. The fourth-order valence-corrected chi connectivity index (χ4v) is 5.10. The molecule has 0 radical (unpaired) electrons. The van der Waals surface area contributed by atoms with Crippen LogP contribution >= 0.6 is 11.6 Å². The van der Waals surface area contributed by atoms with E-state index in [2.05, 4.69) is 19.1 Å². The minimum absolute atomic E-state index is 0.165. The maximum absolute atomic E-state index is 13.8. The van der Waals surface area contributed by atoms with Gasteiger partial charge in [-0.3, -0.25) is 0 Å². The van der Waals surface area contributed by atoms with Gasteiger partial charge in [-0.2, -0.15) is 0 Å². The third kappa shape index (κ3) is 3.29. The summed E-state index contributed by atoms with van der Waals surface area (Å²) in [5.41, 5.74) is 6.72. The summed E-state index contributed by atoms with van der Waals surface area (Å²) < 4.78 is 27.7. The number of halogens is 3. The first-order valence-electron chi connectivity index (χ1n) is 9.83. The van der Waals surface area contributed by atoms with Gasteiger partial charge < -0.3 is 0 Å². The molecule has 0 fully saturated rings. The summed E-state index contributed by atoms with van der Waals surface area (Å²) in [4.78, 5) is 0. The van der Waals surface area contributed by atoms with Gasteiger partial charge in [0.25, 0.3) is 0 Å². The number of hydrogen-bond acceptors (Lipinski definition) is 0. The largest absolute Gasteiger partial charge is 0.205 e. The van der Waals surface area contributed by atoms with E-state index in [1.54, 1.807) is 5.56 Å². The lowest BCUT2D eigenvalue weighted by molar-refractivity contribution is 0.419. The van der Waals surface area contributed by atoms with E-state index in [0.29, 0.717) is 0 Å². The summed E-state index contributed by atoms with van der Waals surface area (Å²) in [5, 5.41) is -0.402. The van der Waals surface area contributed by atoms with Crippen LogP contribution in [0.25, 0.3) is 0 Å². The highest BCUT2D eigenvalue weighted by atomic mass is 35.5. The first-order valence-corrected chi connectivity index (χ1v) is 10.2. The van der Waals surface area contributed by atoms with Gasteiger partial charge in [-0.1, -0.05) is 43.5 Å². The quantitative estimate of drug-likeness (QED) is 0.518. The first-order chi connectivity index (χ1) is 12.6. The Morgan fingerprint density at radius 3 is 2.23 bits per heavy atom. The van der Waals surface area contributed by atoms with Crippen LogP contribution < -0.4 is 0 Å². The molecule has 0 saturated heterocycles. The van der Waals surface area contributed by atoms with E-state index in [9.17, 15) is 8.78 Å². The standard InChI is InChI=1S/C23H25ClF2/c1-2-3-14-4-8-19-16(10-14)5-6-17-11-15(7-9-20(17)19)18-12-21(25)23(24)22(26)13-18/h5-6,12-15H,2-4,7-11H2,1H3. The zero-order chi connectivity index (χ0) is 18.3. The van der Waals surface area contributed by atoms with Crippen molar-refractivity contribution < 1.29 is 8.78 Å². The molecular formula is C23H25ClF2. The van der Waals surface area contributed by atoms with Crippen molar-refractivity contribution in [3.63, 3.8) is 0 Å². The molecule has 2 aliphatic rings. The molecule has 0 amide bonds. The van der Waals surface area contributed by atoms with Crippen molar-refractivity contribution in [2.75, 3.05) is 0 Å². The van der Waals surface area contributed by atoms with Crippen LogP contribution in [0.15, 0.2) is 24.3 Å². The summed E-state index contributed by atoms with van der Waals surface area (Å²) in [6, 6.07) is 7.39. The average molecular weight is 375 g/mol. The second-order valence-electron chi connectivity index (χ2n) is 7.98. The molecule has 2 aromatic carbocycles. The van der Waals surface area contributed by atoms with Crippen molar-refractivity contribution in [1.29, 1.82) is 0 Å². The Kier molecular flexibility index (Phi) is 5.05. The SMILES string of the molecule is CCCC1CCc2c(ccc3c2CCC(c2cc(F)c(Cl)c(F)c2)C3)C1. The van der Waals surface area contributed by atoms with Crippen LogP contribution in [0.3, 0.4) is 0 Å². The van der Waals surface area contributed by atoms with Gasteiger partial charge >= 0.3 is 0 Å². The van der Waals surface area contributed by atoms with Crippen LogP contribution in [-0.2, 0) is 25.7 Å². The summed E-state index contributed by atoms with van der Waals surface area (Å²) >= 11 is 5.63. The summed E-state index contributed by atoms with van der Waals surface area (Å²) in [6.07, 6.45) is 9.12. The van der Waals surface area contributed by atoms with Gasteiger partial charge in [-0.05, 0) is 90.3 Å². The molecule has 0 heterocycles. The maximum Gasteiger partial charge on any atom is 0.145 e. The van der Waals surface area contributed by atoms with Gasteiger partial charge in [0.15, 0.2) is 0 Å². The molecule has 0 spiro atoms.